The van der Waals surface area contributed by atoms with E-state index in [-0.39, 0.29) is 50.5 Å². The van der Waals surface area contributed by atoms with E-state index in [2.05, 4.69) is 0 Å². The number of benzene rings is 2. The lowest BCUT2D eigenvalue weighted by Crippen LogP contribution is -2.51. The van der Waals surface area contributed by atoms with Gasteiger partial charge in [-0.25, -0.2) is 4.39 Å². The smallest absolute Gasteiger partial charge is 0.383 e. The number of hydrogen-bond acceptors (Lipinski definition) is 4. The molecule has 3 rings (SSSR count). The van der Waals surface area contributed by atoms with Crippen LogP contribution in [0.5, 0.6) is 0 Å². The van der Waals surface area contributed by atoms with Gasteiger partial charge in [-0.2, -0.15) is 13.2 Å². The largest absolute Gasteiger partial charge is 0.416 e. The zero-order chi connectivity index (χ0) is 24.0. The van der Waals surface area contributed by atoms with Gasteiger partial charge in [-0.1, -0.05) is 12.1 Å². The molecule has 1 aliphatic heterocycles. The van der Waals surface area contributed by atoms with Gasteiger partial charge in [-0.15, -0.1) is 0 Å². The number of amides is 2. The number of halogens is 4. The predicted octanol–water partition coefficient (Wildman–Crippen LogP) is 3.47. The Kier molecular flexibility index (Phi) is 8.04. The monoisotopic (exact) mass is 468 g/mol. The minimum absolute atomic E-state index is 0.0814. The number of nitrogens with zero attached hydrogens (tertiary/aromatic N) is 2. The summed E-state index contributed by atoms with van der Waals surface area (Å²) in [6.07, 6.45) is -5.04. The van der Waals surface area contributed by atoms with Crippen LogP contribution in [0.15, 0.2) is 48.5 Å². The fraction of sp³-hybridized carbons (Fsp3) is 0.391. The maximum Gasteiger partial charge on any atom is 0.416 e. The van der Waals surface area contributed by atoms with Crippen LogP contribution < -0.4 is 0 Å². The number of methoxy groups -OCH3 is 1. The van der Waals surface area contributed by atoms with Crippen LogP contribution in [0.1, 0.15) is 26.3 Å². The van der Waals surface area contributed by atoms with E-state index in [9.17, 15) is 27.2 Å². The summed E-state index contributed by atoms with van der Waals surface area (Å²) < 4.78 is 63.2. The molecule has 0 saturated carbocycles. The maximum absolute atomic E-state index is 14.1. The second kappa shape index (κ2) is 10.8. The van der Waals surface area contributed by atoms with E-state index in [4.69, 9.17) is 9.47 Å². The Hall–Kier alpha value is -2.98. The fourth-order valence-corrected chi connectivity index (χ4v) is 3.53. The third-order valence-corrected chi connectivity index (χ3v) is 5.27. The van der Waals surface area contributed by atoms with Crippen LogP contribution in [0.4, 0.5) is 17.6 Å². The standard InChI is InChI=1S/C23H24F4N2O4/c1-32-12-10-29(22(31)19-4-2-3-5-20(19)24)15-18-14-28(11-13-33-18)21(30)16-6-8-17(9-7-16)23(25,26)27/h2-9,18H,10-15H2,1H3/t18-/m1/s1. The first kappa shape index (κ1) is 24.7. The van der Waals surface area contributed by atoms with E-state index in [0.717, 1.165) is 24.3 Å². The Morgan fingerprint density at radius 2 is 1.85 bits per heavy atom. The zero-order valence-corrected chi connectivity index (χ0v) is 18.0. The summed E-state index contributed by atoms with van der Waals surface area (Å²) in [6.45, 7) is 1.09. The first-order valence-electron chi connectivity index (χ1n) is 10.3. The fourth-order valence-electron chi connectivity index (χ4n) is 3.53. The van der Waals surface area contributed by atoms with Crippen molar-refractivity contribution >= 4 is 11.8 Å². The molecule has 178 valence electrons. The van der Waals surface area contributed by atoms with Crippen LogP contribution >= 0.6 is 0 Å². The quantitative estimate of drug-likeness (QED) is 0.584. The van der Waals surface area contributed by atoms with Gasteiger partial charge < -0.3 is 19.3 Å². The molecule has 0 bridgehead atoms. The van der Waals surface area contributed by atoms with E-state index < -0.39 is 35.5 Å². The number of carbonyl (C=O) groups is 2. The maximum atomic E-state index is 14.1. The van der Waals surface area contributed by atoms with Crippen molar-refractivity contribution in [1.82, 2.24) is 9.80 Å². The molecule has 2 aromatic rings. The van der Waals surface area contributed by atoms with Crippen molar-refractivity contribution in [1.29, 1.82) is 0 Å². The number of ether oxygens (including phenoxy) is 2. The number of morpholine rings is 1. The van der Waals surface area contributed by atoms with E-state index in [1.165, 1.54) is 35.1 Å². The zero-order valence-electron chi connectivity index (χ0n) is 18.0. The summed E-state index contributed by atoms with van der Waals surface area (Å²) in [6, 6.07) is 9.65. The minimum Gasteiger partial charge on any atom is -0.383 e. The molecule has 33 heavy (non-hydrogen) atoms. The molecule has 1 heterocycles. The number of hydrogen-bond donors (Lipinski definition) is 0. The number of carbonyl (C=O) groups excluding carboxylic acids is 2. The lowest BCUT2D eigenvalue weighted by molar-refractivity contribution is -0.137. The van der Waals surface area contributed by atoms with Gasteiger partial charge in [0.05, 0.1) is 30.4 Å². The molecular weight excluding hydrogens is 444 g/mol. The molecule has 0 radical (unpaired) electrons. The van der Waals surface area contributed by atoms with Crippen LogP contribution in [0, 0.1) is 5.82 Å². The van der Waals surface area contributed by atoms with Gasteiger partial charge in [0, 0.05) is 38.9 Å². The lowest BCUT2D eigenvalue weighted by Gasteiger charge is -2.36. The van der Waals surface area contributed by atoms with Crippen LogP contribution in [0.25, 0.3) is 0 Å². The Morgan fingerprint density at radius 3 is 2.48 bits per heavy atom. The van der Waals surface area contributed by atoms with Crippen LogP contribution in [-0.4, -0.2) is 74.2 Å². The minimum atomic E-state index is -4.48. The SMILES string of the molecule is COCCN(C[C@H]1CN(C(=O)c2ccc(C(F)(F)F)cc2)CCO1)C(=O)c1ccccc1F. The van der Waals surface area contributed by atoms with E-state index in [1.807, 2.05) is 0 Å². The van der Waals surface area contributed by atoms with Crippen molar-refractivity contribution in [3.05, 3.63) is 71.0 Å². The molecule has 0 aliphatic carbocycles. The topological polar surface area (TPSA) is 59.1 Å². The Morgan fingerprint density at radius 1 is 1.15 bits per heavy atom. The summed E-state index contributed by atoms with van der Waals surface area (Å²) in [5.74, 6) is -1.60. The molecule has 1 atom stereocenters. The van der Waals surface area contributed by atoms with Crippen LogP contribution in [0.2, 0.25) is 0 Å². The Balaban J connectivity index is 1.69. The van der Waals surface area contributed by atoms with Gasteiger partial charge in [-0.05, 0) is 36.4 Å². The second-order valence-corrected chi connectivity index (χ2v) is 7.54. The Labute approximate surface area is 188 Å². The van der Waals surface area contributed by atoms with Crippen molar-refractivity contribution in [3.8, 4) is 0 Å². The van der Waals surface area contributed by atoms with Gasteiger partial charge in [0.2, 0.25) is 0 Å². The summed E-state index contributed by atoms with van der Waals surface area (Å²) in [5.41, 5.74) is -0.788. The molecule has 0 unspecified atom stereocenters. The molecular formula is C23H24F4N2O4. The highest BCUT2D eigenvalue weighted by molar-refractivity contribution is 5.95. The van der Waals surface area contributed by atoms with Gasteiger partial charge in [0.15, 0.2) is 0 Å². The predicted molar refractivity (Wildman–Crippen MR) is 111 cm³/mol. The average Bonchev–Trinajstić information content (AvgIpc) is 2.81. The lowest BCUT2D eigenvalue weighted by atomic mass is 10.1. The second-order valence-electron chi connectivity index (χ2n) is 7.54. The summed E-state index contributed by atoms with van der Waals surface area (Å²) in [4.78, 5) is 28.6. The normalized spacial score (nSPS) is 16.5. The number of rotatable bonds is 7. The molecule has 0 N–H and O–H groups in total. The summed E-state index contributed by atoms with van der Waals surface area (Å²) in [7, 11) is 1.48. The van der Waals surface area contributed by atoms with Gasteiger partial charge in [0.25, 0.3) is 11.8 Å². The van der Waals surface area contributed by atoms with E-state index in [0.29, 0.717) is 0 Å². The molecule has 1 fully saturated rings. The molecule has 1 saturated heterocycles. The third-order valence-electron chi connectivity index (χ3n) is 5.27. The van der Waals surface area contributed by atoms with Crippen molar-refractivity contribution in [2.24, 2.45) is 0 Å². The molecule has 2 amide bonds. The highest BCUT2D eigenvalue weighted by Crippen LogP contribution is 2.29. The van der Waals surface area contributed by atoms with Gasteiger partial charge >= 0.3 is 6.18 Å². The van der Waals surface area contributed by atoms with Crippen molar-refractivity contribution in [2.75, 3.05) is 46.5 Å². The van der Waals surface area contributed by atoms with E-state index >= 15 is 0 Å². The number of alkyl halides is 3. The third kappa shape index (κ3) is 6.29. The van der Waals surface area contributed by atoms with Crippen molar-refractivity contribution in [2.45, 2.75) is 12.3 Å². The summed E-state index contributed by atoms with van der Waals surface area (Å²) >= 11 is 0. The molecule has 10 heteroatoms. The van der Waals surface area contributed by atoms with Crippen LogP contribution in [-0.2, 0) is 15.7 Å². The highest BCUT2D eigenvalue weighted by atomic mass is 19.4. The first-order chi connectivity index (χ1) is 15.7. The highest BCUT2D eigenvalue weighted by Gasteiger charge is 2.32. The van der Waals surface area contributed by atoms with Gasteiger partial charge in [-0.3, -0.25) is 9.59 Å². The Bertz CT molecular complexity index is 966. The molecule has 6 nitrogen and oxygen atoms in total. The summed E-state index contributed by atoms with van der Waals surface area (Å²) in [5, 5.41) is 0. The van der Waals surface area contributed by atoms with E-state index in [1.54, 1.807) is 6.07 Å². The molecule has 1 aliphatic rings. The van der Waals surface area contributed by atoms with Crippen molar-refractivity contribution in [3.63, 3.8) is 0 Å². The van der Waals surface area contributed by atoms with Crippen molar-refractivity contribution < 1.29 is 36.6 Å². The molecule has 0 aromatic heterocycles. The molecule has 2 aromatic carbocycles. The molecule has 0 spiro atoms. The van der Waals surface area contributed by atoms with Crippen LogP contribution in [0.3, 0.4) is 0 Å². The first-order valence-corrected chi connectivity index (χ1v) is 10.3. The van der Waals surface area contributed by atoms with Gasteiger partial charge in [0.1, 0.15) is 5.82 Å². The average molecular weight is 468 g/mol.